The number of fused-ring (bicyclic) bond motifs is 1. The molecule has 0 radical (unpaired) electrons. The van der Waals surface area contributed by atoms with Gasteiger partial charge in [-0.3, -0.25) is 4.79 Å². The fourth-order valence-corrected chi connectivity index (χ4v) is 5.12. The van der Waals surface area contributed by atoms with Gasteiger partial charge in [-0.2, -0.15) is 5.10 Å². The maximum atomic E-state index is 13.0. The molecule has 1 aromatic heterocycles. The van der Waals surface area contributed by atoms with Crippen molar-refractivity contribution in [3.63, 3.8) is 0 Å². The standard InChI is InChI=1S/C25H28IN3O4/c1-32-25(31)21(16-18-6-3-2-4-7-18)29-23(26)19-8-5-9-20(22(19)28-29)24(30)27-13-10-17-11-14-33-15-12-17/h2-9,17,21H,10-16H2,1H3,(H,27,30). The Morgan fingerprint density at radius 1 is 1.18 bits per heavy atom. The summed E-state index contributed by atoms with van der Waals surface area (Å²) in [7, 11) is 1.38. The van der Waals surface area contributed by atoms with Gasteiger partial charge in [0, 0.05) is 31.6 Å². The van der Waals surface area contributed by atoms with Crippen molar-refractivity contribution in [2.75, 3.05) is 26.9 Å². The van der Waals surface area contributed by atoms with E-state index in [1.54, 1.807) is 10.7 Å². The molecule has 1 N–H and O–H groups in total. The minimum atomic E-state index is -0.624. The zero-order valence-corrected chi connectivity index (χ0v) is 20.8. The highest BCUT2D eigenvalue weighted by Crippen LogP contribution is 2.28. The van der Waals surface area contributed by atoms with Gasteiger partial charge in [0.2, 0.25) is 0 Å². The highest BCUT2D eigenvalue weighted by Gasteiger charge is 2.27. The van der Waals surface area contributed by atoms with Crippen molar-refractivity contribution in [3.05, 3.63) is 63.4 Å². The van der Waals surface area contributed by atoms with E-state index in [1.165, 1.54) is 7.11 Å². The molecule has 1 atom stereocenters. The number of carbonyl (C=O) groups is 2. The number of amides is 1. The summed E-state index contributed by atoms with van der Waals surface area (Å²) in [6.45, 7) is 2.23. The van der Waals surface area contributed by atoms with Crippen LogP contribution in [0.4, 0.5) is 0 Å². The number of halogens is 1. The van der Waals surface area contributed by atoms with Gasteiger partial charge in [0.1, 0.15) is 9.22 Å². The first-order chi connectivity index (χ1) is 16.1. The Balaban J connectivity index is 1.57. The molecule has 1 saturated heterocycles. The highest BCUT2D eigenvalue weighted by atomic mass is 127. The number of hydrogen-bond donors (Lipinski definition) is 1. The molecular formula is C25H28IN3O4. The highest BCUT2D eigenvalue weighted by molar-refractivity contribution is 14.1. The van der Waals surface area contributed by atoms with Gasteiger partial charge in [0.25, 0.3) is 5.91 Å². The van der Waals surface area contributed by atoms with E-state index >= 15 is 0 Å². The van der Waals surface area contributed by atoms with Crippen LogP contribution in [0.3, 0.4) is 0 Å². The van der Waals surface area contributed by atoms with Crippen molar-refractivity contribution in [3.8, 4) is 0 Å². The molecule has 3 aromatic rings. The van der Waals surface area contributed by atoms with Gasteiger partial charge >= 0.3 is 5.97 Å². The molecule has 1 amide bonds. The van der Waals surface area contributed by atoms with Crippen LogP contribution in [0.15, 0.2) is 48.5 Å². The number of methoxy groups -OCH3 is 1. The van der Waals surface area contributed by atoms with Gasteiger partial charge in [-0.25, -0.2) is 9.48 Å². The molecule has 33 heavy (non-hydrogen) atoms. The molecule has 2 aromatic carbocycles. The minimum absolute atomic E-state index is 0.147. The third kappa shape index (κ3) is 5.55. The number of rotatable bonds is 8. The summed E-state index contributed by atoms with van der Waals surface area (Å²) < 4.78 is 13.0. The summed E-state index contributed by atoms with van der Waals surface area (Å²) in [5, 5.41) is 8.62. The van der Waals surface area contributed by atoms with E-state index in [0.29, 0.717) is 30.0 Å². The number of carbonyl (C=O) groups excluding carboxylic acids is 2. The first kappa shape index (κ1) is 23.7. The molecule has 1 unspecified atom stereocenters. The number of aromatic nitrogens is 2. The molecule has 1 aliphatic rings. The Labute approximate surface area is 207 Å². The lowest BCUT2D eigenvalue weighted by molar-refractivity contribution is -0.144. The Morgan fingerprint density at radius 3 is 2.67 bits per heavy atom. The number of nitrogens with one attached hydrogen (secondary N) is 1. The Hall–Kier alpha value is -2.46. The SMILES string of the molecule is COC(=O)C(Cc1ccccc1)n1nc2c(C(=O)NCCC3CCOCC3)cccc2c1I. The molecule has 2 heterocycles. The second kappa shape index (κ2) is 11.1. The number of ether oxygens (including phenoxy) is 2. The first-order valence-corrected chi connectivity index (χ1v) is 12.3. The number of benzene rings is 2. The van der Waals surface area contributed by atoms with Gasteiger partial charge in [0.15, 0.2) is 6.04 Å². The van der Waals surface area contributed by atoms with E-state index < -0.39 is 6.04 Å². The Morgan fingerprint density at radius 2 is 1.94 bits per heavy atom. The van der Waals surface area contributed by atoms with Crippen LogP contribution in [-0.4, -0.2) is 48.5 Å². The van der Waals surface area contributed by atoms with Crippen LogP contribution >= 0.6 is 22.6 Å². The zero-order valence-electron chi connectivity index (χ0n) is 18.6. The van der Waals surface area contributed by atoms with Crippen LogP contribution in [0.1, 0.15) is 41.2 Å². The summed E-state index contributed by atoms with van der Waals surface area (Å²) in [5.41, 5.74) is 2.11. The molecular weight excluding hydrogens is 533 g/mol. The van der Waals surface area contributed by atoms with E-state index in [0.717, 1.165) is 47.1 Å². The van der Waals surface area contributed by atoms with Crippen molar-refractivity contribution in [1.29, 1.82) is 0 Å². The summed E-state index contributed by atoms with van der Waals surface area (Å²) in [4.78, 5) is 25.7. The average molecular weight is 561 g/mol. The predicted molar refractivity (Wildman–Crippen MR) is 134 cm³/mol. The van der Waals surface area contributed by atoms with Gasteiger partial charge in [-0.15, -0.1) is 0 Å². The molecule has 8 heteroatoms. The van der Waals surface area contributed by atoms with Crippen molar-refractivity contribution < 1.29 is 19.1 Å². The number of nitrogens with zero attached hydrogens (tertiary/aromatic N) is 2. The average Bonchev–Trinajstić information content (AvgIpc) is 3.19. The third-order valence-electron chi connectivity index (χ3n) is 6.13. The lowest BCUT2D eigenvalue weighted by Gasteiger charge is -2.21. The third-order valence-corrected chi connectivity index (χ3v) is 7.21. The van der Waals surface area contributed by atoms with E-state index in [4.69, 9.17) is 14.6 Å². The van der Waals surface area contributed by atoms with Crippen LogP contribution in [0, 0.1) is 9.62 Å². The fourth-order valence-electron chi connectivity index (χ4n) is 4.25. The molecule has 4 rings (SSSR count). The summed E-state index contributed by atoms with van der Waals surface area (Å²) in [6.07, 6.45) is 3.48. The lowest BCUT2D eigenvalue weighted by Crippen LogP contribution is -2.28. The van der Waals surface area contributed by atoms with Crippen molar-refractivity contribution in [1.82, 2.24) is 15.1 Å². The summed E-state index contributed by atoms with van der Waals surface area (Å²) in [5.74, 6) is 0.0761. The summed E-state index contributed by atoms with van der Waals surface area (Å²) >= 11 is 2.19. The van der Waals surface area contributed by atoms with Crippen molar-refractivity contribution >= 4 is 45.4 Å². The molecule has 0 bridgehead atoms. The molecule has 174 valence electrons. The van der Waals surface area contributed by atoms with Gasteiger partial charge < -0.3 is 14.8 Å². The second-order valence-corrected chi connectivity index (χ2v) is 9.29. The lowest BCUT2D eigenvalue weighted by atomic mass is 9.96. The molecule has 0 saturated carbocycles. The van der Waals surface area contributed by atoms with Gasteiger partial charge in [-0.05, 0) is 59.4 Å². The van der Waals surface area contributed by atoms with Crippen molar-refractivity contribution in [2.24, 2.45) is 5.92 Å². The minimum Gasteiger partial charge on any atom is -0.467 e. The van der Waals surface area contributed by atoms with E-state index in [2.05, 4.69) is 27.9 Å². The smallest absolute Gasteiger partial charge is 0.331 e. The maximum Gasteiger partial charge on any atom is 0.331 e. The Bertz CT molecular complexity index is 1110. The maximum absolute atomic E-state index is 13.0. The number of hydrogen-bond acceptors (Lipinski definition) is 5. The van der Waals surface area contributed by atoms with Gasteiger partial charge in [0.05, 0.1) is 12.7 Å². The molecule has 1 aliphatic heterocycles. The largest absolute Gasteiger partial charge is 0.467 e. The van der Waals surface area contributed by atoms with E-state index in [1.807, 2.05) is 42.5 Å². The summed E-state index contributed by atoms with van der Waals surface area (Å²) in [6, 6.07) is 14.7. The quantitative estimate of drug-likeness (QED) is 0.330. The van der Waals surface area contributed by atoms with Crippen LogP contribution in [0.5, 0.6) is 0 Å². The molecule has 1 fully saturated rings. The molecule has 7 nitrogen and oxygen atoms in total. The van der Waals surface area contributed by atoms with Crippen LogP contribution in [0.2, 0.25) is 0 Å². The molecule has 0 spiro atoms. The van der Waals surface area contributed by atoms with Gasteiger partial charge in [-0.1, -0.05) is 42.5 Å². The van der Waals surface area contributed by atoms with E-state index in [-0.39, 0.29) is 11.9 Å². The van der Waals surface area contributed by atoms with E-state index in [9.17, 15) is 9.59 Å². The predicted octanol–water partition coefficient (Wildman–Crippen LogP) is 4.14. The van der Waals surface area contributed by atoms with Crippen molar-refractivity contribution in [2.45, 2.75) is 31.7 Å². The topological polar surface area (TPSA) is 82.5 Å². The monoisotopic (exact) mass is 561 g/mol. The normalized spacial score (nSPS) is 15.3. The van der Waals surface area contributed by atoms with Crippen LogP contribution in [-0.2, 0) is 20.7 Å². The van der Waals surface area contributed by atoms with Crippen LogP contribution in [0.25, 0.3) is 10.9 Å². The zero-order chi connectivity index (χ0) is 23.2. The van der Waals surface area contributed by atoms with Crippen LogP contribution < -0.4 is 5.32 Å². The number of esters is 1. The first-order valence-electron chi connectivity index (χ1n) is 11.2. The fraction of sp³-hybridized carbons (Fsp3) is 0.400. The second-order valence-electron chi connectivity index (χ2n) is 8.27. The Kier molecular flexibility index (Phi) is 7.97. The molecule has 0 aliphatic carbocycles.